The lowest BCUT2D eigenvalue weighted by atomic mass is 10.3. The zero-order valence-corrected chi connectivity index (χ0v) is 14.2. The van der Waals surface area contributed by atoms with E-state index >= 15 is 0 Å². The summed E-state index contributed by atoms with van der Waals surface area (Å²) in [4.78, 5) is 0. The van der Waals surface area contributed by atoms with E-state index in [4.69, 9.17) is 0 Å². The van der Waals surface area contributed by atoms with Crippen LogP contribution in [0.15, 0.2) is 0 Å². The second-order valence-corrected chi connectivity index (χ2v) is 2.71. The summed E-state index contributed by atoms with van der Waals surface area (Å²) in [6.07, 6.45) is 8.15. The Labute approximate surface area is 116 Å². The Morgan fingerprint density at radius 2 is 0.529 bits per heavy atom. The van der Waals surface area contributed by atoms with Crippen molar-refractivity contribution in [3.63, 3.8) is 0 Å². The van der Waals surface area contributed by atoms with E-state index in [1.54, 1.807) is 0 Å². The van der Waals surface area contributed by atoms with Gasteiger partial charge in [-0.05, 0) is 0 Å². The van der Waals surface area contributed by atoms with Crippen molar-refractivity contribution in [2.75, 3.05) is 0 Å². The lowest BCUT2D eigenvalue weighted by Crippen LogP contribution is -1.59. The first-order valence-corrected chi connectivity index (χ1v) is 7.83. The minimum Gasteiger partial charge on any atom is -0.0776 e. The molecular formula is C17H46. The molecule has 0 saturated heterocycles. The van der Waals surface area contributed by atoms with Gasteiger partial charge in [0, 0.05) is 0 Å². The molecular weight excluding hydrogens is 204 g/mol. The normalized spacial score (nSPS) is 6.00. The molecule has 0 radical (unpaired) electrons. The molecule has 0 aliphatic heterocycles. The van der Waals surface area contributed by atoms with E-state index in [1.165, 1.54) is 38.5 Å². The van der Waals surface area contributed by atoms with Gasteiger partial charge in [-0.25, -0.2) is 0 Å². The van der Waals surface area contributed by atoms with Gasteiger partial charge < -0.3 is 0 Å². The van der Waals surface area contributed by atoms with Crippen molar-refractivity contribution in [2.45, 2.75) is 115 Å². The topological polar surface area (TPSA) is 0 Å². The molecule has 0 aliphatic carbocycles. The molecule has 0 unspecified atom stereocenters. The Morgan fingerprint density at radius 3 is 0.529 bits per heavy atom. The first-order valence-electron chi connectivity index (χ1n) is 7.83. The van der Waals surface area contributed by atoms with Gasteiger partial charge in [0.05, 0.1) is 0 Å². The lowest BCUT2D eigenvalue weighted by molar-refractivity contribution is 0.772. The van der Waals surface area contributed by atoms with Crippen LogP contribution < -0.4 is 0 Å². The molecule has 0 heteroatoms. The molecule has 17 heavy (non-hydrogen) atoms. The van der Waals surface area contributed by atoms with Gasteiger partial charge in [-0.15, -0.1) is 0 Å². The SMILES string of the molecule is C.CC.CC.CC.CCCCC.CCCCC. The van der Waals surface area contributed by atoms with Crippen molar-refractivity contribution in [3.05, 3.63) is 0 Å². The Balaban J connectivity index is -0.0000000238. The molecule has 0 spiro atoms. The minimum absolute atomic E-state index is 0. The molecule has 0 bridgehead atoms. The minimum atomic E-state index is 0. The molecule has 0 aromatic rings. The molecule has 0 aromatic carbocycles. The Bertz CT molecular complexity index is 21.0. The summed E-state index contributed by atoms with van der Waals surface area (Å²) in [6, 6.07) is 0. The maximum atomic E-state index is 2.21. The van der Waals surface area contributed by atoms with E-state index in [9.17, 15) is 0 Å². The summed E-state index contributed by atoms with van der Waals surface area (Å²) in [7, 11) is 0. The summed E-state index contributed by atoms with van der Waals surface area (Å²) in [5.41, 5.74) is 0. The summed E-state index contributed by atoms with van der Waals surface area (Å²) >= 11 is 0. The predicted molar refractivity (Wildman–Crippen MR) is 91.2 cm³/mol. The molecule has 114 valence electrons. The van der Waals surface area contributed by atoms with Crippen LogP contribution in [0.5, 0.6) is 0 Å². The molecule has 0 amide bonds. The summed E-state index contributed by atoms with van der Waals surface area (Å²) in [5, 5.41) is 0. The van der Waals surface area contributed by atoms with Gasteiger partial charge in [0.25, 0.3) is 0 Å². The van der Waals surface area contributed by atoms with E-state index in [0.29, 0.717) is 0 Å². The van der Waals surface area contributed by atoms with Crippen molar-refractivity contribution in [1.82, 2.24) is 0 Å². The van der Waals surface area contributed by atoms with E-state index in [2.05, 4.69) is 27.7 Å². The summed E-state index contributed by atoms with van der Waals surface area (Å²) < 4.78 is 0. The fraction of sp³-hybridized carbons (Fsp3) is 1.00. The van der Waals surface area contributed by atoms with Crippen LogP contribution in [0.3, 0.4) is 0 Å². The van der Waals surface area contributed by atoms with E-state index in [0.717, 1.165) is 0 Å². The Kier molecular flexibility index (Phi) is 212. The fourth-order valence-electron chi connectivity index (χ4n) is 0.707. The van der Waals surface area contributed by atoms with Crippen molar-refractivity contribution in [1.29, 1.82) is 0 Å². The Morgan fingerprint density at radius 1 is 0.412 bits per heavy atom. The molecule has 0 saturated carbocycles. The number of unbranched alkanes of at least 4 members (excludes halogenated alkanes) is 4. The molecule has 0 heterocycles. The second kappa shape index (κ2) is 100. The van der Waals surface area contributed by atoms with E-state index < -0.39 is 0 Å². The maximum absolute atomic E-state index is 2.21. The molecule has 0 nitrogen and oxygen atoms in total. The third-order valence-corrected chi connectivity index (χ3v) is 1.41. The smallest absolute Gasteiger partial charge is 0.0538 e. The standard InChI is InChI=1S/2C5H12.3C2H6.CH4/c2*1-3-5-4-2;3*1-2;/h2*3-5H2,1-2H3;3*1-2H3;1H4. The monoisotopic (exact) mass is 250 g/mol. The van der Waals surface area contributed by atoms with Gasteiger partial charge in [-0.2, -0.15) is 0 Å². The zero-order chi connectivity index (χ0) is 14.2. The van der Waals surface area contributed by atoms with Gasteiger partial charge in [0.15, 0.2) is 0 Å². The first kappa shape index (κ1) is 36.0. The number of hydrogen-bond acceptors (Lipinski definition) is 0. The summed E-state index contributed by atoms with van der Waals surface area (Å²) in [5.74, 6) is 0. The molecule has 0 N–H and O–H groups in total. The quantitative estimate of drug-likeness (QED) is 0.472. The number of hydrogen-bond donors (Lipinski definition) is 0. The number of rotatable bonds is 4. The van der Waals surface area contributed by atoms with Crippen LogP contribution in [-0.4, -0.2) is 0 Å². The van der Waals surface area contributed by atoms with Gasteiger partial charge in [0.1, 0.15) is 0 Å². The van der Waals surface area contributed by atoms with Crippen LogP contribution in [0.1, 0.15) is 115 Å². The van der Waals surface area contributed by atoms with Crippen molar-refractivity contribution in [2.24, 2.45) is 0 Å². The third-order valence-electron chi connectivity index (χ3n) is 1.41. The highest BCUT2D eigenvalue weighted by Crippen LogP contribution is 1.88. The van der Waals surface area contributed by atoms with Crippen molar-refractivity contribution >= 4 is 0 Å². The Hall–Kier alpha value is 0. The van der Waals surface area contributed by atoms with Crippen molar-refractivity contribution < 1.29 is 0 Å². The van der Waals surface area contributed by atoms with Crippen molar-refractivity contribution in [3.8, 4) is 0 Å². The van der Waals surface area contributed by atoms with Gasteiger partial charge >= 0.3 is 0 Å². The second-order valence-electron chi connectivity index (χ2n) is 2.71. The largest absolute Gasteiger partial charge is 0.0776 e. The van der Waals surface area contributed by atoms with Crippen LogP contribution >= 0.6 is 0 Å². The molecule has 0 fully saturated rings. The highest BCUT2D eigenvalue weighted by Gasteiger charge is 1.68. The fourth-order valence-corrected chi connectivity index (χ4v) is 0.707. The summed E-state index contributed by atoms with van der Waals surface area (Å²) in [6.45, 7) is 20.8. The zero-order valence-electron chi connectivity index (χ0n) is 14.2. The molecule has 0 aliphatic rings. The predicted octanol–water partition coefficient (Wildman–Crippen LogP) is 8.11. The van der Waals surface area contributed by atoms with Crippen LogP contribution in [0.2, 0.25) is 0 Å². The molecule has 0 rings (SSSR count). The average molecular weight is 251 g/mol. The van der Waals surface area contributed by atoms with E-state index in [1.807, 2.05) is 41.5 Å². The maximum Gasteiger partial charge on any atom is -0.0538 e. The van der Waals surface area contributed by atoms with Gasteiger partial charge in [-0.3, -0.25) is 0 Å². The van der Waals surface area contributed by atoms with E-state index in [-0.39, 0.29) is 7.43 Å². The molecule has 0 atom stereocenters. The third kappa shape index (κ3) is 196. The van der Waals surface area contributed by atoms with Crippen LogP contribution in [0, 0.1) is 0 Å². The first-order chi connectivity index (χ1) is 7.83. The highest BCUT2D eigenvalue weighted by atomic mass is 13.7. The lowest BCUT2D eigenvalue weighted by Gasteiger charge is -1.79. The average Bonchev–Trinajstić information content (AvgIpc) is 2.39. The van der Waals surface area contributed by atoms with Crippen LogP contribution in [0.4, 0.5) is 0 Å². The van der Waals surface area contributed by atoms with Crippen LogP contribution in [-0.2, 0) is 0 Å². The highest BCUT2D eigenvalue weighted by molar-refractivity contribution is 4.24. The molecule has 0 aromatic heterocycles. The van der Waals surface area contributed by atoms with Crippen LogP contribution in [0.25, 0.3) is 0 Å². The van der Waals surface area contributed by atoms with Gasteiger partial charge in [-0.1, -0.05) is 115 Å². The van der Waals surface area contributed by atoms with Gasteiger partial charge in [0.2, 0.25) is 0 Å².